The molecule has 2 nitrogen and oxygen atoms in total. The van der Waals surface area contributed by atoms with Crippen LogP contribution in [0.4, 0.5) is 8.78 Å². The lowest BCUT2D eigenvalue weighted by molar-refractivity contribution is 0.145. The zero-order chi connectivity index (χ0) is 10.0. The first kappa shape index (κ1) is 10.8. The van der Waals surface area contributed by atoms with E-state index in [1.165, 1.54) is 6.07 Å². The molecule has 0 unspecified atom stereocenters. The van der Waals surface area contributed by atoms with Crippen molar-refractivity contribution in [3.63, 3.8) is 0 Å². The average molecular weight is 317 g/mol. The molecule has 0 spiro atoms. The Morgan fingerprint density at radius 3 is 2.62 bits per heavy atom. The molecule has 1 N–H and O–H groups in total. The zero-order valence-corrected chi connectivity index (χ0v) is 9.45. The summed E-state index contributed by atoms with van der Waals surface area (Å²) < 4.78 is 24.5. The molecule has 0 saturated heterocycles. The molecule has 1 heterocycles. The van der Waals surface area contributed by atoms with Gasteiger partial charge in [0.15, 0.2) is 5.43 Å². The molecule has 0 radical (unpaired) electrons. The molecule has 0 aromatic carbocycles. The normalized spacial score (nSPS) is 10.8. The molecule has 0 bridgehead atoms. The van der Waals surface area contributed by atoms with Gasteiger partial charge in [0.1, 0.15) is 5.69 Å². The first-order valence-corrected chi connectivity index (χ1v) is 5.23. The molecule has 13 heavy (non-hydrogen) atoms. The third-order valence-electron chi connectivity index (χ3n) is 1.42. The predicted octanol–water partition coefficient (Wildman–Crippen LogP) is 2.97. The van der Waals surface area contributed by atoms with E-state index in [0.717, 1.165) is 0 Å². The largest absolute Gasteiger partial charge is 0.356 e. The van der Waals surface area contributed by atoms with Gasteiger partial charge in [-0.1, -0.05) is 15.9 Å². The highest BCUT2D eigenvalue weighted by atomic mass is 79.9. The summed E-state index contributed by atoms with van der Waals surface area (Å²) in [5, 5.41) is 0.342. The smallest absolute Gasteiger partial charge is 0.279 e. The van der Waals surface area contributed by atoms with E-state index < -0.39 is 11.9 Å². The summed E-state index contributed by atoms with van der Waals surface area (Å²) >= 11 is 5.87. The van der Waals surface area contributed by atoms with Gasteiger partial charge in [0, 0.05) is 17.1 Å². The van der Waals surface area contributed by atoms with Crippen LogP contribution in [0.25, 0.3) is 0 Å². The van der Waals surface area contributed by atoms with Crippen molar-refractivity contribution >= 4 is 31.9 Å². The standard InChI is InChI=1S/C7H5Br2F2NO/c8-2-3-1-4(13)5(9)6(12-3)7(10)11/h1,7H,2H2,(H,12,13). The second kappa shape index (κ2) is 4.32. The van der Waals surface area contributed by atoms with E-state index in [4.69, 9.17) is 0 Å². The molecule has 0 saturated carbocycles. The first-order valence-electron chi connectivity index (χ1n) is 3.32. The Hall–Kier alpha value is -0.230. The summed E-state index contributed by atoms with van der Waals surface area (Å²) in [7, 11) is 0. The van der Waals surface area contributed by atoms with Gasteiger partial charge in [-0.05, 0) is 15.9 Å². The highest BCUT2D eigenvalue weighted by molar-refractivity contribution is 9.10. The fourth-order valence-electron chi connectivity index (χ4n) is 0.841. The monoisotopic (exact) mass is 315 g/mol. The molecule has 0 aliphatic heterocycles. The maximum atomic E-state index is 12.3. The minimum absolute atomic E-state index is 0.104. The third-order valence-corrected chi connectivity index (χ3v) is 2.84. The van der Waals surface area contributed by atoms with Gasteiger partial charge in [0.05, 0.1) is 4.47 Å². The molecule has 1 aromatic heterocycles. The van der Waals surface area contributed by atoms with Gasteiger partial charge in [-0.3, -0.25) is 4.79 Å². The first-order chi connectivity index (χ1) is 6.06. The molecule has 6 heteroatoms. The predicted molar refractivity (Wildman–Crippen MR) is 52.4 cm³/mol. The highest BCUT2D eigenvalue weighted by Gasteiger charge is 2.15. The van der Waals surface area contributed by atoms with Gasteiger partial charge in [-0.25, -0.2) is 8.78 Å². The van der Waals surface area contributed by atoms with Gasteiger partial charge in [-0.15, -0.1) is 0 Å². The summed E-state index contributed by atoms with van der Waals surface area (Å²) in [6, 6.07) is 1.27. The number of pyridine rings is 1. The van der Waals surface area contributed by atoms with Crippen LogP contribution in [0.5, 0.6) is 0 Å². The number of hydrogen-bond donors (Lipinski definition) is 1. The van der Waals surface area contributed by atoms with Crippen LogP contribution in [0, 0.1) is 0 Å². The van der Waals surface area contributed by atoms with Crippen molar-refractivity contribution in [1.29, 1.82) is 0 Å². The Morgan fingerprint density at radius 1 is 1.54 bits per heavy atom. The van der Waals surface area contributed by atoms with Crippen molar-refractivity contribution < 1.29 is 8.78 Å². The molecule has 0 aliphatic rings. The van der Waals surface area contributed by atoms with Crippen LogP contribution >= 0.6 is 31.9 Å². The molecule has 72 valence electrons. The van der Waals surface area contributed by atoms with Crippen molar-refractivity contribution in [1.82, 2.24) is 4.98 Å². The topological polar surface area (TPSA) is 32.9 Å². The van der Waals surface area contributed by atoms with E-state index in [9.17, 15) is 13.6 Å². The molecule has 0 atom stereocenters. The summed E-state index contributed by atoms with van der Waals surface area (Å²) in [5.74, 6) is 0. The molecular weight excluding hydrogens is 312 g/mol. The van der Waals surface area contributed by atoms with E-state index in [-0.39, 0.29) is 10.2 Å². The maximum absolute atomic E-state index is 12.3. The minimum atomic E-state index is -2.68. The van der Waals surface area contributed by atoms with Crippen LogP contribution in [0.1, 0.15) is 17.8 Å². The lowest BCUT2D eigenvalue weighted by Crippen LogP contribution is -2.09. The molecule has 0 aliphatic carbocycles. The Morgan fingerprint density at radius 2 is 2.15 bits per heavy atom. The van der Waals surface area contributed by atoms with E-state index in [2.05, 4.69) is 36.8 Å². The summed E-state index contributed by atoms with van der Waals surface area (Å²) in [4.78, 5) is 13.6. The third kappa shape index (κ3) is 2.37. The Labute approximate surface area is 89.6 Å². The van der Waals surface area contributed by atoms with Crippen molar-refractivity contribution in [2.45, 2.75) is 11.8 Å². The molecule has 1 rings (SSSR count). The second-order valence-corrected chi connectivity index (χ2v) is 3.67. The summed E-state index contributed by atoms with van der Waals surface area (Å²) in [5.41, 5.74) is -0.381. The molecule has 1 aromatic rings. The van der Waals surface area contributed by atoms with Gasteiger partial charge >= 0.3 is 0 Å². The zero-order valence-electron chi connectivity index (χ0n) is 6.28. The lowest BCUT2D eigenvalue weighted by atomic mass is 10.3. The molecule has 0 fully saturated rings. The van der Waals surface area contributed by atoms with Crippen LogP contribution in [0.2, 0.25) is 0 Å². The number of rotatable bonds is 2. The SMILES string of the molecule is O=c1cc(CBr)[nH]c(C(F)F)c1Br. The Bertz CT molecular complexity index is 364. The Balaban J connectivity index is 3.33. The number of nitrogens with one attached hydrogen (secondary N) is 1. The number of aromatic amines is 1. The van der Waals surface area contributed by atoms with E-state index in [1.54, 1.807) is 0 Å². The van der Waals surface area contributed by atoms with Crippen molar-refractivity contribution in [3.8, 4) is 0 Å². The summed E-state index contributed by atoms with van der Waals surface area (Å²) in [6.07, 6.45) is -2.68. The van der Waals surface area contributed by atoms with Gasteiger partial charge in [-0.2, -0.15) is 0 Å². The van der Waals surface area contributed by atoms with Crippen molar-refractivity contribution in [2.24, 2.45) is 0 Å². The van der Waals surface area contributed by atoms with E-state index in [1.807, 2.05) is 0 Å². The van der Waals surface area contributed by atoms with E-state index in [0.29, 0.717) is 11.0 Å². The molecular formula is C7H5Br2F2NO. The van der Waals surface area contributed by atoms with Gasteiger partial charge < -0.3 is 4.98 Å². The Kier molecular flexibility index (Phi) is 3.61. The average Bonchev–Trinajstić information content (AvgIpc) is 2.09. The van der Waals surface area contributed by atoms with Crippen LogP contribution in [0.3, 0.4) is 0 Å². The molecule has 0 amide bonds. The summed E-state index contributed by atoms with van der Waals surface area (Å²) in [6.45, 7) is 0. The number of alkyl halides is 3. The van der Waals surface area contributed by atoms with Crippen LogP contribution in [0.15, 0.2) is 15.3 Å². The number of hydrogen-bond acceptors (Lipinski definition) is 1. The fourth-order valence-corrected chi connectivity index (χ4v) is 1.53. The minimum Gasteiger partial charge on any atom is -0.356 e. The lowest BCUT2D eigenvalue weighted by Gasteiger charge is -2.04. The quantitative estimate of drug-likeness (QED) is 0.836. The van der Waals surface area contributed by atoms with E-state index >= 15 is 0 Å². The highest BCUT2D eigenvalue weighted by Crippen LogP contribution is 2.22. The van der Waals surface area contributed by atoms with Crippen molar-refractivity contribution in [2.75, 3.05) is 0 Å². The van der Waals surface area contributed by atoms with Gasteiger partial charge in [0.25, 0.3) is 6.43 Å². The number of aromatic nitrogens is 1. The second-order valence-electron chi connectivity index (χ2n) is 2.32. The number of H-pyrrole nitrogens is 1. The fraction of sp³-hybridized carbons (Fsp3) is 0.286. The van der Waals surface area contributed by atoms with Crippen LogP contribution in [-0.2, 0) is 5.33 Å². The maximum Gasteiger partial charge on any atom is 0.279 e. The van der Waals surface area contributed by atoms with Gasteiger partial charge in [0.2, 0.25) is 0 Å². The van der Waals surface area contributed by atoms with Crippen LogP contribution < -0.4 is 5.43 Å². The van der Waals surface area contributed by atoms with Crippen molar-refractivity contribution in [3.05, 3.63) is 32.2 Å². The number of halogens is 4. The van der Waals surface area contributed by atoms with Crippen LogP contribution in [-0.4, -0.2) is 4.98 Å².